The molecular formula is C32H36N4O5. The van der Waals surface area contributed by atoms with Crippen molar-refractivity contribution in [1.82, 2.24) is 20.5 Å². The van der Waals surface area contributed by atoms with Crippen LogP contribution in [0.15, 0.2) is 79.0 Å². The Morgan fingerprint density at radius 2 is 1.73 bits per heavy atom. The molecule has 0 spiro atoms. The number of rotatable bonds is 10. The molecule has 0 aliphatic carbocycles. The van der Waals surface area contributed by atoms with Crippen molar-refractivity contribution in [3.8, 4) is 11.3 Å². The Balaban J connectivity index is 1.31. The monoisotopic (exact) mass is 556 g/mol. The highest BCUT2D eigenvalue weighted by molar-refractivity contribution is 5.95. The summed E-state index contributed by atoms with van der Waals surface area (Å²) in [7, 11) is 0. The number of Topliss-reactive ketones (excluding diaryl/α,β-unsaturated/α-hetero) is 1. The molecule has 1 aliphatic heterocycles. The lowest BCUT2D eigenvalue weighted by Gasteiger charge is -2.34. The van der Waals surface area contributed by atoms with Crippen molar-refractivity contribution >= 4 is 23.7 Å². The summed E-state index contributed by atoms with van der Waals surface area (Å²) in [6.07, 6.45) is 1.82. The number of amides is 3. The van der Waals surface area contributed by atoms with E-state index in [0.29, 0.717) is 12.8 Å². The van der Waals surface area contributed by atoms with Gasteiger partial charge in [0, 0.05) is 18.3 Å². The molecule has 3 aromatic rings. The van der Waals surface area contributed by atoms with Crippen LogP contribution in [0.25, 0.3) is 11.3 Å². The molecule has 214 valence electrons. The van der Waals surface area contributed by atoms with E-state index in [4.69, 9.17) is 4.74 Å². The summed E-state index contributed by atoms with van der Waals surface area (Å²) in [4.78, 5) is 57.5. The molecule has 1 unspecified atom stereocenters. The molecule has 2 N–H and O–H groups in total. The quantitative estimate of drug-likeness (QED) is 0.391. The van der Waals surface area contributed by atoms with Crippen LogP contribution < -0.4 is 10.6 Å². The molecule has 3 amide bonds. The molecule has 2 atom stereocenters. The van der Waals surface area contributed by atoms with Crippen LogP contribution >= 0.6 is 0 Å². The van der Waals surface area contributed by atoms with Crippen LogP contribution in [0.4, 0.5) is 4.79 Å². The fraction of sp³-hybridized carbons (Fsp3) is 0.344. The van der Waals surface area contributed by atoms with Crippen LogP contribution in [0, 0.1) is 5.92 Å². The predicted octanol–water partition coefficient (Wildman–Crippen LogP) is 3.92. The van der Waals surface area contributed by atoms with E-state index < -0.39 is 18.2 Å². The van der Waals surface area contributed by atoms with Gasteiger partial charge in [-0.05, 0) is 42.0 Å². The van der Waals surface area contributed by atoms with E-state index in [1.54, 1.807) is 6.20 Å². The lowest BCUT2D eigenvalue weighted by atomic mass is 9.98. The molecule has 1 aromatic heterocycles. The topological polar surface area (TPSA) is 118 Å². The maximum absolute atomic E-state index is 13.3. The first-order chi connectivity index (χ1) is 19.8. The average Bonchev–Trinajstić information content (AvgIpc) is 2.97. The highest BCUT2D eigenvalue weighted by Gasteiger charge is 2.34. The number of carbonyl (C=O) groups is 4. The van der Waals surface area contributed by atoms with Crippen molar-refractivity contribution in [3.63, 3.8) is 0 Å². The van der Waals surface area contributed by atoms with Gasteiger partial charge in [0.05, 0.1) is 24.7 Å². The molecule has 2 aromatic carbocycles. The molecule has 2 heterocycles. The third kappa shape index (κ3) is 8.48. The number of ether oxygens (including phenoxy) is 1. The van der Waals surface area contributed by atoms with Crippen molar-refractivity contribution in [2.45, 2.75) is 51.8 Å². The Morgan fingerprint density at radius 1 is 1.00 bits per heavy atom. The number of nitrogens with zero attached hydrogens (tertiary/aromatic N) is 2. The summed E-state index contributed by atoms with van der Waals surface area (Å²) >= 11 is 0. The standard InChI is InChI=1S/C32H36N4O5/c1-22(2)18-28(35-32(40)41-21-23-10-4-3-5-11-23)31(39)36-17-15-27(29(37)20-36)34-30(38)19-24-12-6-7-13-25(24)26-14-8-9-16-33-26/h3-14,16,22,27-28H,15,17-21H2,1-2H3,(H,34,38)(H,35,40)/t27?,28-/m0/s1. The number of aromatic nitrogens is 1. The second-order valence-corrected chi connectivity index (χ2v) is 10.6. The molecule has 0 radical (unpaired) electrons. The molecule has 0 bridgehead atoms. The number of pyridine rings is 1. The summed E-state index contributed by atoms with van der Waals surface area (Å²) in [6, 6.07) is 20.9. The summed E-state index contributed by atoms with van der Waals surface area (Å²) in [5.41, 5.74) is 3.28. The van der Waals surface area contributed by atoms with Crippen LogP contribution in [0.3, 0.4) is 0 Å². The van der Waals surface area contributed by atoms with Gasteiger partial charge in [-0.1, -0.05) is 74.5 Å². The smallest absolute Gasteiger partial charge is 0.408 e. The number of piperidine rings is 1. The molecule has 0 saturated carbocycles. The maximum atomic E-state index is 13.3. The van der Waals surface area contributed by atoms with Crippen LogP contribution in [0.2, 0.25) is 0 Å². The Hall–Kier alpha value is -4.53. The molecule has 1 fully saturated rings. The first kappa shape index (κ1) is 29.5. The summed E-state index contributed by atoms with van der Waals surface area (Å²) < 4.78 is 5.31. The van der Waals surface area contributed by atoms with Crippen molar-refractivity contribution in [1.29, 1.82) is 0 Å². The van der Waals surface area contributed by atoms with E-state index in [9.17, 15) is 19.2 Å². The van der Waals surface area contributed by atoms with Gasteiger partial charge < -0.3 is 20.3 Å². The Bertz CT molecular complexity index is 1350. The SMILES string of the molecule is CC(C)C[C@H](NC(=O)OCc1ccccc1)C(=O)N1CCC(NC(=O)Cc2ccccc2-c2ccccn2)C(=O)C1. The minimum absolute atomic E-state index is 0.0885. The minimum atomic E-state index is -0.819. The highest BCUT2D eigenvalue weighted by Crippen LogP contribution is 2.22. The number of hydrogen-bond acceptors (Lipinski definition) is 6. The van der Waals surface area contributed by atoms with E-state index in [0.717, 1.165) is 22.4 Å². The lowest BCUT2D eigenvalue weighted by Crippen LogP contribution is -2.57. The zero-order valence-electron chi connectivity index (χ0n) is 23.4. The number of hydrogen-bond donors (Lipinski definition) is 2. The van der Waals surface area contributed by atoms with Crippen LogP contribution in [-0.2, 0) is 32.1 Å². The Labute approximate surface area is 240 Å². The number of carbonyl (C=O) groups excluding carboxylic acids is 4. The van der Waals surface area contributed by atoms with E-state index in [1.165, 1.54) is 4.90 Å². The van der Waals surface area contributed by atoms with Gasteiger partial charge in [-0.2, -0.15) is 0 Å². The molecule has 1 saturated heterocycles. The van der Waals surface area contributed by atoms with E-state index >= 15 is 0 Å². The summed E-state index contributed by atoms with van der Waals surface area (Å²) in [5.74, 6) is -0.726. The van der Waals surface area contributed by atoms with E-state index in [2.05, 4.69) is 15.6 Å². The van der Waals surface area contributed by atoms with Crippen molar-refractivity contribution < 1.29 is 23.9 Å². The Kier molecular flexibility index (Phi) is 10.2. The van der Waals surface area contributed by atoms with Gasteiger partial charge in [0.25, 0.3) is 0 Å². The number of benzene rings is 2. The average molecular weight is 557 g/mol. The fourth-order valence-electron chi connectivity index (χ4n) is 4.85. The number of likely N-dealkylation sites (tertiary alicyclic amines) is 1. The van der Waals surface area contributed by atoms with Gasteiger partial charge in [0.2, 0.25) is 11.8 Å². The third-order valence-corrected chi connectivity index (χ3v) is 6.89. The Morgan fingerprint density at radius 3 is 2.44 bits per heavy atom. The lowest BCUT2D eigenvalue weighted by molar-refractivity contribution is -0.141. The molecule has 4 rings (SSSR count). The van der Waals surface area contributed by atoms with E-state index in [1.807, 2.05) is 86.6 Å². The normalized spacial score (nSPS) is 15.7. The number of alkyl carbamates (subject to hydrolysis) is 1. The first-order valence-corrected chi connectivity index (χ1v) is 13.9. The molecule has 41 heavy (non-hydrogen) atoms. The minimum Gasteiger partial charge on any atom is -0.445 e. The number of ketones is 1. The largest absolute Gasteiger partial charge is 0.445 e. The summed E-state index contributed by atoms with van der Waals surface area (Å²) in [6.45, 7) is 4.15. The zero-order valence-corrected chi connectivity index (χ0v) is 23.4. The summed E-state index contributed by atoms with van der Waals surface area (Å²) in [5, 5.41) is 5.53. The zero-order chi connectivity index (χ0) is 29.2. The fourth-order valence-corrected chi connectivity index (χ4v) is 4.85. The van der Waals surface area contributed by atoms with Gasteiger partial charge in [-0.25, -0.2) is 4.79 Å². The molecular weight excluding hydrogens is 520 g/mol. The van der Waals surface area contributed by atoms with E-state index in [-0.39, 0.29) is 49.6 Å². The first-order valence-electron chi connectivity index (χ1n) is 13.9. The van der Waals surface area contributed by atoms with Crippen molar-refractivity contribution in [2.24, 2.45) is 5.92 Å². The van der Waals surface area contributed by atoms with Crippen molar-refractivity contribution in [2.75, 3.05) is 13.1 Å². The van der Waals surface area contributed by atoms with Crippen LogP contribution in [0.1, 0.15) is 37.8 Å². The van der Waals surface area contributed by atoms with Crippen molar-refractivity contribution in [3.05, 3.63) is 90.1 Å². The maximum Gasteiger partial charge on any atom is 0.408 e. The van der Waals surface area contributed by atoms with Gasteiger partial charge in [-0.3, -0.25) is 19.4 Å². The molecule has 9 nitrogen and oxygen atoms in total. The van der Waals surface area contributed by atoms with Gasteiger partial charge in [0.1, 0.15) is 12.6 Å². The van der Waals surface area contributed by atoms with Gasteiger partial charge in [0.15, 0.2) is 5.78 Å². The molecule has 9 heteroatoms. The van der Waals surface area contributed by atoms with Gasteiger partial charge >= 0.3 is 6.09 Å². The predicted molar refractivity (Wildman–Crippen MR) is 155 cm³/mol. The molecule has 1 aliphatic rings. The second-order valence-electron chi connectivity index (χ2n) is 10.6. The highest BCUT2D eigenvalue weighted by atomic mass is 16.5. The third-order valence-electron chi connectivity index (χ3n) is 6.89. The second kappa shape index (κ2) is 14.2. The number of nitrogens with one attached hydrogen (secondary N) is 2. The van der Waals surface area contributed by atoms with Gasteiger partial charge in [-0.15, -0.1) is 0 Å². The van der Waals surface area contributed by atoms with Crippen LogP contribution in [0.5, 0.6) is 0 Å². The van der Waals surface area contributed by atoms with Crippen LogP contribution in [-0.4, -0.2) is 58.7 Å².